The predicted octanol–water partition coefficient (Wildman–Crippen LogP) is 4.99. The largest absolute Gasteiger partial charge is 0.489 e. The Morgan fingerprint density at radius 2 is 1.54 bits per heavy atom. The van der Waals surface area contributed by atoms with Crippen molar-refractivity contribution in [2.24, 2.45) is 0 Å². The maximum absolute atomic E-state index is 9.37. The first kappa shape index (κ1) is 16.3. The zero-order valence-corrected chi connectivity index (χ0v) is 13.9. The summed E-state index contributed by atoms with van der Waals surface area (Å²) in [6.07, 6.45) is 1.04. The van der Waals surface area contributed by atoms with Crippen molar-refractivity contribution in [1.82, 2.24) is 0 Å². The zero-order chi connectivity index (χ0) is 16.8. The molecule has 2 nitrogen and oxygen atoms in total. The molecule has 0 atom stereocenters. The molecule has 0 aliphatic carbocycles. The van der Waals surface area contributed by atoms with Gasteiger partial charge >= 0.3 is 0 Å². The molecular formula is C22H22O2. The van der Waals surface area contributed by atoms with E-state index in [1.807, 2.05) is 36.4 Å². The number of hydrogen-bond acceptors (Lipinski definition) is 2. The monoisotopic (exact) mass is 318 g/mol. The number of ether oxygens (including phenoxy) is 1. The van der Waals surface area contributed by atoms with Crippen LogP contribution in [0.5, 0.6) is 5.75 Å². The van der Waals surface area contributed by atoms with Crippen molar-refractivity contribution >= 4 is 0 Å². The van der Waals surface area contributed by atoms with Crippen molar-refractivity contribution in [2.45, 2.75) is 26.6 Å². The molecule has 0 aliphatic heterocycles. The molecule has 3 aromatic carbocycles. The van der Waals surface area contributed by atoms with Gasteiger partial charge in [0.1, 0.15) is 12.4 Å². The lowest BCUT2D eigenvalue weighted by Gasteiger charge is -2.10. The topological polar surface area (TPSA) is 29.5 Å². The summed E-state index contributed by atoms with van der Waals surface area (Å²) < 4.78 is 5.86. The van der Waals surface area contributed by atoms with Crippen LogP contribution in [0, 0.1) is 0 Å². The number of aliphatic hydroxyl groups excluding tert-OH is 1. The molecule has 122 valence electrons. The van der Waals surface area contributed by atoms with E-state index >= 15 is 0 Å². The van der Waals surface area contributed by atoms with Crippen LogP contribution >= 0.6 is 0 Å². The second kappa shape index (κ2) is 7.80. The third-order valence-electron chi connectivity index (χ3n) is 4.21. The molecule has 1 N–H and O–H groups in total. The van der Waals surface area contributed by atoms with Crippen LogP contribution in [-0.4, -0.2) is 5.11 Å². The van der Waals surface area contributed by atoms with E-state index in [1.54, 1.807) is 0 Å². The minimum Gasteiger partial charge on any atom is -0.489 e. The van der Waals surface area contributed by atoms with E-state index in [4.69, 9.17) is 4.74 Å². The average Bonchev–Trinajstić information content (AvgIpc) is 2.67. The maximum atomic E-state index is 9.37. The second-order valence-corrected chi connectivity index (χ2v) is 5.79. The van der Waals surface area contributed by atoms with Crippen molar-refractivity contribution in [3.05, 3.63) is 89.5 Å². The second-order valence-electron chi connectivity index (χ2n) is 5.79. The lowest BCUT2D eigenvalue weighted by Crippen LogP contribution is -2.00. The highest BCUT2D eigenvalue weighted by Crippen LogP contribution is 2.24. The van der Waals surface area contributed by atoms with Gasteiger partial charge in [-0.05, 0) is 46.4 Å². The van der Waals surface area contributed by atoms with Gasteiger partial charge in [0, 0.05) is 0 Å². The van der Waals surface area contributed by atoms with Crippen LogP contribution in [-0.2, 0) is 19.6 Å². The van der Waals surface area contributed by atoms with Crippen LogP contribution in [0.15, 0.2) is 72.8 Å². The van der Waals surface area contributed by atoms with Crippen molar-refractivity contribution < 1.29 is 9.84 Å². The minimum absolute atomic E-state index is 0.0340. The van der Waals surface area contributed by atoms with E-state index in [0.717, 1.165) is 23.3 Å². The van der Waals surface area contributed by atoms with E-state index in [9.17, 15) is 5.11 Å². The van der Waals surface area contributed by atoms with E-state index in [-0.39, 0.29) is 6.61 Å². The molecule has 0 radical (unpaired) electrons. The summed E-state index contributed by atoms with van der Waals surface area (Å²) >= 11 is 0. The lowest BCUT2D eigenvalue weighted by molar-refractivity contribution is 0.269. The van der Waals surface area contributed by atoms with Gasteiger partial charge in [-0.25, -0.2) is 0 Å². The average molecular weight is 318 g/mol. The van der Waals surface area contributed by atoms with E-state index < -0.39 is 0 Å². The molecule has 3 aromatic rings. The molecule has 0 heterocycles. The maximum Gasteiger partial charge on any atom is 0.119 e. The smallest absolute Gasteiger partial charge is 0.119 e. The number of benzene rings is 3. The Morgan fingerprint density at radius 1 is 0.792 bits per heavy atom. The fraction of sp³-hybridized carbons (Fsp3) is 0.182. The first-order valence-corrected chi connectivity index (χ1v) is 8.30. The minimum atomic E-state index is 0.0340. The first-order chi connectivity index (χ1) is 11.8. The van der Waals surface area contributed by atoms with Gasteiger partial charge in [-0.2, -0.15) is 0 Å². The highest BCUT2D eigenvalue weighted by atomic mass is 16.5. The zero-order valence-electron chi connectivity index (χ0n) is 13.9. The summed E-state index contributed by atoms with van der Waals surface area (Å²) in [5.41, 5.74) is 5.68. The Hall–Kier alpha value is -2.58. The van der Waals surface area contributed by atoms with E-state index in [2.05, 4.69) is 43.3 Å². The molecule has 0 amide bonds. The van der Waals surface area contributed by atoms with Gasteiger partial charge in [0.05, 0.1) is 6.61 Å². The highest BCUT2D eigenvalue weighted by molar-refractivity contribution is 5.64. The molecule has 0 aliphatic rings. The first-order valence-electron chi connectivity index (χ1n) is 8.30. The van der Waals surface area contributed by atoms with Gasteiger partial charge in [0.2, 0.25) is 0 Å². The quantitative estimate of drug-likeness (QED) is 0.694. The summed E-state index contributed by atoms with van der Waals surface area (Å²) in [4.78, 5) is 0. The van der Waals surface area contributed by atoms with E-state index in [1.165, 1.54) is 16.7 Å². The SMILES string of the molecule is CCc1cccc(-c2ccc(OCc3ccccc3CO)cc2)c1. The van der Waals surface area contributed by atoms with Crippen molar-refractivity contribution in [3.8, 4) is 16.9 Å². The van der Waals surface area contributed by atoms with Crippen molar-refractivity contribution in [3.63, 3.8) is 0 Å². The fourth-order valence-corrected chi connectivity index (χ4v) is 2.73. The molecular weight excluding hydrogens is 296 g/mol. The molecule has 0 bridgehead atoms. The van der Waals surface area contributed by atoms with Crippen LogP contribution in [0.2, 0.25) is 0 Å². The summed E-state index contributed by atoms with van der Waals surface area (Å²) in [5.74, 6) is 0.832. The molecule has 24 heavy (non-hydrogen) atoms. The summed E-state index contributed by atoms with van der Waals surface area (Å²) in [7, 11) is 0. The number of aliphatic hydroxyl groups is 1. The summed E-state index contributed by atoms with van der Waals surface area (Å²) in [6, 6.07) is 24.6. The lowest BCUT2D eigenvalue weighted by atomic mass is 10.0. The van der Waals surface area contributed by atoms with Crippen LogP contribution in [0.3, 0.4) is 0 Å². The Kier molecular flexibility index (Phi) is 5.29. The van der Waals surface area contributed by atoms with Crippen LogP contribution < -0.4 is 4.74 Å². The van der Waals surface area contributed by atoms with Crippen LogP contribution in [0.1, 0.15) is 23.6 Å². The number of aryl methyl sites for hydroxylation is 1. The Morgan fingerprint density at radius 3 is 2.25 bits per heavy atom. The summed E-state index contributed by atoms with van der Waals surface area (Å²) in [6.45, 7) is 2.66. The molecule has 0 fully saturated rings. The van der Waals surface area contributed by atoms with E-state index in [0.29, 0.717) is 6.61 Å². The van der Waals surface area contributed by atoms with Gasteiger partial charge in [-0.1, -0.05) is 67.6 Å². The fourth-order valence-electron chi connectivity index (χ4n) is 2.73. The number of hydrogen-bond donors (Lipinski definition) is 1. The molecule has 0 saturated carbocycles. The molecule has 0 aromatic heterocycles. The number of rotatable bonds is 6. The Balaban J connectivity index is 1.70. The van der Waals surface area contributed by atoms with Gasteiger partial charge in [-0.3, -0.25) is 0 Å². The Labute approximate surface area is 143 Å². The highest BCUT2D eigenvalue weighted by Gasteiger charge is 2.03. The van der Waals surface area contributed by atoms with Crippen LogP contribution in [0.4, 0.5) is 0 Å². The molecule has 0 saturated heterocycles. The molecule has 2 heteroatoms. The third-order valence-corrected chi connectivity index (χ3v) is 4.21. The van der Waals surface area contributed by atoms with Gasteiger partial charge in [0.25, 0.3) is 0 Å². The summed E-state index contributed by atoms with van der Waals surface area (Å²) in [5, 5.41) is 9.37. The van der Waals surface area contributed by atoms with Crippen LogP contribution in [0.25, 0.3) is 11.1 Å². The molecule has 0 unspecified atom stereocenters. The van der Waals surface area contributed by atoms with Crippen molar-refractivity contribution in [1.29, 1.82) is 0 Å². The van der Waals surface area contributed by atoms with Gasteiger partial charge in [-0.15, -0.1) is 0 Å². The predicted molar refractivity (Wildman–Crippen MR) is 98.0 cm³/mol. The molecule has 3 rings (SSSR count). The van der Waals surface area contributed by atoms with Gasteiger partial charge < -0.3 is 9.84 Å². The van der Waals surface area contributed by atoms with Gasteiger partial charge in [0.15, 0.2) is 0 Å². The van der Waals surface area contributed by atoms with Crippen molar-refractivity contribution in [2.75, 3.05) is 0 Å². The third kappa shape index (κ3) is 3.84. The Bertz CT molecular complexity index is 791. The normalized spacial score (nSPS) is 10.6. The standard InChI is InChI=1S/C22H22O2/c1-2-17-6-5-9-19(14-17)18-10-12-22(13-11-18)24-16-21-8-4-3-7-20(21)15-23/h3-14,23H,2,15-16H2,1H3. The molecule has 0 spiro atoms.